The fourth-order valence-corrected chi connectivity index (χ4v) is 3.59. The van der Waals surface area contributed by atoms with Gasteiger partial charge in [0.2, 0.25) is 0 Å². The van der Waals surface area contributed by atoms with Gasteiger partial charge in [-0.2, -0.15) is 10.3 Å². The van der Waals surface area contributed by atoms with Crippen molar-refractivity contribution in [1.82, 2.24) is 4.57 Å². The predicted molar refractivity (Wildman–Crippen MR) is 97.3 cm³/mol. The van der Waals surface area contributed by atoms with Crippen LogP contribution >= 0.6 is 11.3 Å². The Balaban J connectivity index is 2.05. The van der Waals surface area contributed by atoms with E-state index < -0.39 is 5.91 Å². The van der Waals surface area contributed by atoms with Crippen LogP contribution in [0.2, 0.25) is 0 Å². The van der Waals surface area contributed by atoms with Crippen LogP contribution in [0.3, 0.4) is 0 Å². The molecule has 7 heteroatoms. The lowest BCUT2D eigenvalue weighted by atomic mass is 10.1. The molecule has 1 amide bonds. The maximum Gasteiger partial charge on any atom is 0.279 e. The van der Waals surface area contributed by atoms with Gasteiger partial charge in [0.05, 0.1) is 28.5 Å². The quantitative estimate of drug-likeness (QED) is 0.647. The Kier molecular flexibility index (Phi) is 5.56. The van der Waals surface area contributed by atoms with E-state index in [0.717, 1.165) is 0 Å². The van der Waals surface area contributed by atoms with E-state index in [1.165, 1.54) is 17.4 Å². The highest BCUT2D eigenvalue weighted by Gasteiger charge is 2.12. The summed E-state index contributed by atoms with van der Waals surface area (Å²) >= 11 is 1.25. The Labute approximate surface area is 153 Å². The molecule has 0 unspecified atom stereocenters. The molecule has 0 atom stereocenters. The van der Waals surface area contributed by atoms with Crippen molar-refractivity contribution in [3.8, 4) is 6.07 Å². The first-order valence-electron chi connectivity index (χ1n) is 8.09. The number of aromatic nitrogens is 1. The van der Waals surface area contributed by atoms with Gasteiger partial charge in [0.15, 0.2) is 4.80 Å². The molecular weight excluding hydrogens is 353 g/mol. The summed E-state index contributed by atoms with van der Waals surface area (Å²) in [6.45, 7) is 3.24. The summed E-state index contributed by atoms with van der Waals surface area (Å²) in [5, 5.41) is 8.84. The molecule has 0 N–H and O–H groups in total. The minimum atomic E-state index is -0.438. The summed E-state index contributed by atoms with van der Waals surface area (Å²) < 4.78 is 22.1. The van der Waals surface area contributed by atoms with Gasteiger partial charge in [-0.3, -0.25) is 4.79 Å². The summed E-state index contributed by atoms with van der Waals surface area (Å²) in [4.78, 5) is 17.1. The summed E-state index contributed by atoms with van der Waals surface area (Å²) in [5.41, 5.74) is 1.26. The number of carbonyl (C=O) groups excluding carboxylic acids is 1. The van der Waals surface area contributed by atoms with Crippen LogP contribution in [0.25, 0.3) is 10.2 Å². The van der Waals surface area contributed by atoms with Crippen molar-refractivity contribution in [2.24, 2.45) is 4.99 Å². The zero-order chi connectivity index (χ0) is 18.5. The van der Waals surface area contributed by atoms with Gasteiger partial charge in [-0.05, 0) is 43.3 Å². The number of hydrogen-bond donors (Lipinski definition) is 0. The fraction of sp³-hybridized carbons (Fsp3) is 0.211. The molecule has 0 aliphatic rings. The highest BCUT2D eigenvalue weighted by Crippen LogP contribution is 2.20. The Morgan fingerprint density at radius 3 is 2.77 bits per heavy atom. The van der Waals surface area contributed by atoms with Crippen LogP contribution in [-0.4, -0.2) is 23.7 Å². The highest BCUT2D eigenvalue weighted by molar-refractivity contribution is 7.16. The molecule has 1 heterocycles. The maximum atomic E-state index is 14.3. The van der Waals surface area contributed by atoms with E-state index in [2.05, 4.69) is 4.99 Å². The van der Waals surface area contributed by atoms with Gasteiger partial charge in [-0.25, -0.2) is 4.39 Å². The molecule has 132 valence electrons. The number of thiazole rings is 1. The Morgan fingerprint density at radius 1 is 1.31 bits per heavy atom. The number of ether oxygens (including phenoxy) is 1. The summed E-state index contributed by atoms with van der Waals surface area (Å²) in [6.07, 6.45) is 0. The van der Waals surface area contributed by atoms with Crippen LogP contribution in [0.5, 0.6) is 0 Å². The number of halogens is 1. The number of carbonyl (C=O) groups is 1. The van der Waals surface area contributed by atoms with Crippen LogP contribution in [0, 0.1) is 17.1 Å². The normalized spacial score (nSPS) is 11.7. The van der Waals surface area contributed by atoms with E-state index in [9.17, 15) is 9.18 Å². The first-order valence-corrected chi connectivity index (χ1v) is 8.90. The lowest BCUT2D eigenvalue weighted by molar-refractivity contribution is 0.0996. The van der Waals surface area contributed by atoms with E-state index in [1.807, 2.05) is 13.0 Å². The van der Waals surface area contributed by atoms with Crippen LogP contribution in [0.4, 0.5) is 4.39 Å². The second-order valence-electron chi connectivity index (χ2n) is 5.43. The molecule has 1 aromatic heterocycles. The molecule has 0 radical (unpaired) electrons. The van der Waals surface area contributed by atoms with Gasteiger partial charge in [0.25, 0.3) is 5.91 Å². The van der Waals surface area contributed by atoms with Crippen molar-refractivity contribution in [3.63, 3.8) is 0 Å². The molecule has 26 heavy (non-hydrogen) atoms. The minimum absolute atomic E-state index is 0.359. The molecule has 5 nitrogen and oxygen atoms in total. The van der Waals surface area contributed by atoms with Crippen molar-refractivity contribution in [3.05, 3.63) is 64.2 Å². The van der Waals surface area contributed by atoms with E-state index in [4.69, 9.17) is 10.00 Å². The van der Waals surface area contributed by atoms with Gasteiger partial charge in [-0.15, -0.1) is 0 Å². The lowest BCUT2D eigenvalue weighted by Gasteiger charge is -2.06. The number of benzene rings is 2. The second-order valence-corrected chi connectivity index (χ2v) is 6.43. The monoisotopic (exact) mass is 369 g/mol. The van der Waals surface area contributed by atoms with E-state index in [0.29, 0.717) is 45.9 Å². The fourth-order valence-electron chi connectivity index (χ4n) is 2.52. The molecule has 0 saturated carbocycles. The van der Waals surface area contributed by atoms with Gasteiger partial charge in [0, 0.05) is 18.7 Å². The number of amides is 1. The van der Waals surface area contributed by atoms with Crippen LogP contribution in [0.1, 0.15) is 22.8 Å². The molecule has 3 rings (SSSR count). The number of nitriles is 1. The largest absolute Gasteiger partial charge is 0.380 e. The Bertz CT molecular complexity index is 1050. The van der Waals surface area contributed by atoms with Crippen molar-refractivity contribution >= 4 is 27.5 Å². The smallest absolute Gasteiger partial charge is 0.279 e. The van der Waals surface area contributed by atoms with Crippen LogP contribution in [0.15, 0.2) is 47.5 Å². The second kappa shape index (κ2) is 8.04. The van der Waals surface area contributed by atoms with Gasteiger partial charge in [-0.1, -0.05) is 17.4 Å². The third kappa shape index (κ3) is 3.72. The molecule has 0 aliphatic carbocycles. The Hall–Kier alpha value is -2.82. The number of para-hydroxylation sites is 1. The minimum Gasteiger partial charge on any atom is -0.380 e. The third-order valence-corrected chi connectivity index (χ3v) is 4.82. The lowest BCUT2D eigenvalue weighted by Crippen LogP contribution is -2.20. The molecule has 2 aromatic carbocycles. The molecule has 0 spiro atoms. The van der Waals surface area contributed by atoms with Crippen molar-refractivity contribution in [2.45, 2.75) is 13.5 Å². The topological polar surface area (TPSA) is 67.4 Å². The predicted octanol–water partition coefficient (Wildman–Crippen LogP) is 3.49. The van der Waals surface area contributed by atoms with Crippen molar-refractivity contribution < 1.29 is 13.9 Å². The number of fused-ring (bicyclic) bond motifs is 1. The molecule has 0 fully saturated rings. The average molecular weight is 369 g/mol. The third-order valence-electron chi connectivity index (χ3n) is 3.77. The summed E-state index contributed by atoms with van der Waals surface area (Å²) in [6, 6.07) is 13.1. The summed E-state index contributed by atoms with van der Waals surface area (Å²) in [5.74, 6) is -0.797. The number of nitrogens with zero attached hydrogens (tertiary/aromatic N) is 3. The zero-order valence-electron chi connectivity index (χ0n) is 14.1. The molecular formula is C19H16FN3O2S. The van der Waals surface area contributed by atoms with Gasteiger partial charge >= 0.3 is 0 Å². The van der Waals surface area contributed by atoms with Crippen LogP contribution in [-0.2, 0) is 11.3 Å². The average Bonchev–Trinajstić information content (AvgIpc) is 3.00. The van der Waals surface area contributed by atoms with E-state index in [1.54, 1.807) is 41.0 Å². The SMILES string of the molecule is CCOCCn1c(=NC(=O)c2ccc(C#N)cc2)sc2cccc(F)c21. The first-order chi connectivity index (χ1) is 12.6. The van der Waals surface area contributed by atoms with Gasteiger partial charge < -0.3 is 9.30 Å². The molecule has 3 aromatic rings. The number of hydrogen-bond acceptors (Lipinski definition) is 4. The zero-order valence-corrected chi connectivity index (χ0v) is 14.9. The standard InChI is InChI=1S/C19H16FN3O2S/c1-2-25-11-10-23-17-15(20)4-3-5-16(17)26-19(23)22-18(24)14-8-6-13(12-21)7-9-14/h3-9H,2,10-11H2,1H3. The van der Waals surface area contributed by atoms with Crippen molar-refractivity contribution in [2.75, 3.05) is 13.2 Å². The van der Waals surface area contributed by atoms with Crippen molar-refractivity contribution in [1.29, 1.82) is 5.26 Å². The highest BCUT2D eigenvalue weighted by atomic mass is 32.1. The number of rotatable bonds is 5. The molecule has 0 saturated heterocycles. The van der Waals surface area contributed by atoms with Gasteiger partial charge in [0.1, 0.15) is 5.82 Å². The first kappa shape index (κ1) is 18.0. The van der Waals surface area contributed by atoms with E-state index in [-0.39, 0.29) is 5.82 Å². The molecule has 0 bridgehead atoms. The van der Waals surface area contributed by atoms with E-state index >= 15 is 0 Å². The maximum absolute atomic E-state index is 14.3. The summed E-state index contributed by atoms with van der Waals surface area (Å²) in [7, 11) is 0. The molecule has 0 aliphatic heterocycles. The Morgan fingerprint density at radius 2 is 2.08 bits per heavy atom. The van der Waals surface area contributed by atoms with Crippen LogP contribution < -0.4 is 4.80 Å².